The topological polar surface area (TPSA) is 381 Å². The van der Waals surface area contributed by atoms with E-state index in [0.717, 1.165) is 0 Å². The SMILES string of the molecule is CCC[C@H](NC(=O)[C@@H](NC(=O)[C@H](NC(=O)[C@H](CCC(N)=O)NC(C)=O)[C@@H](C)CC)[C@@H](C)O)C(=O)N[C@H](CCCCNC(C)=O)C(=O)N[C@@H](CCCN=C(N)N)C(=O)N1CCC[C@H]1C(=O)NCC. The van der Waals surface area contributed by atoms with Crippen LogP contribution in [0.5, 0.6) is 0 Å². The monoisotopic (exact) mass is 952 g/mol. The number of carbonyl (C=O) groups excluding carboxylic acids is 10. The smallest absolute Gasteiger partial charge is 0.245 e. The van der Waals surface area contributed by atoms with Crippen molar-refractivity contribution < 1.29 is 53.1 Å². The number of aliphatic imine (C=N–C) groups is 1. The summed E-state index contributed by atoms with van der Waals surface area (Å²) in [6.07, 6.45) is 1.04. The number of nitrogens with zero attached hydrogens (tertiary/aromatic N) is 2. The van der Waals surface area contributed by atoms with Gasteiger partial charge in [-0.3, -0.25) is 52.9 Å². The van der Waals surface area contributed by atoms with Crippen molar-refractivity contribution in [3.8, 4) is 0 Å². The van der Waals surface area contributed by atoms with E-state index in [4.69, 9.17) is 17.2 Å². The minimum Gasteiger partial charge on any atom is -0.391 e. The number of primary amides is 1. The fraction of sp³-hybridized carbons (Fsp3) is 0.744. The minimum absolute atomic E-state index is 0.0461. The lowest BCUT2D eigenvalue weighted by atomic mass is 9.96. The predicted molar refractivity (Wildman–Crippen MR) is 248 cm³/mol. The summed E-state index contributed by atoms with van der Waals surface area (Å²) in [7, 11) is 0. The van der Waals surface area contributed by atoms with Crippen LogP contribution in [0.2, 0.25) is 0 Å². The molecule has 24 nitrogen and oxygen atoms in total. The zero-order valence-corrected chi connectivity index (χ0v) is 40.2. The molecule has 1 aliphatic heterocycles. The van der Waals surface area contributed by atoms with Crippen LogP contribution in [0.25, 0.3) is 0 Å². The highest BCUT2D eigenvalue weighted by atomic mass is 16.3. The Hall–Kier alpha value is -6.07. The number of guanidine groups is 1. The third kappa shape index (κ3) is 21.9. The summed E-state index contributed by atoms with van der Waals surface area (Å²) in [5.74, 6) is -7.17. The van der Waals surface area contributed by atoms with Crippen LogP contribution in [0.1, 0.15) is 126 Å². The summed E-state index contributed by atoms with van der Waals surface area (Å²) >= 11 is 0. The van der Waals surface area contributed by atoms with Crippen LogP contribution in [0, 0.1) is 5.92 Å². The van der Waals surface area contributed by atoms with Crippen molar-refractivity contribution in [3.05, 3.63) is 0 Å². The lowest BCUT2D eigenvalue weighted by Crippen LogP contribution is -2.62. The highest BCUT2D eigenvalue weighted by Gasteiger charge is 2.39. The van der Waals surface area contributed by atoms with Crippen LogP contribution in [-0.2, 0) is 47.9 Å². The first-order valence-corrected chi connectivity index (χ1v) is 23.2. The van der Waals surface area contributed by atoms with E-state index >= 15 is 0 Å². The number of nitrogens with two attached hydrogens (primary N) is 3. The van der Waals surface area contributed by atoms with Gasteiger partial charge in [-0.1, -0.05) is 33.6 Å². The largest absolute Gasteiger partial charge is 0.391 e. The van der Waals surface area contributed by atoms with Gasteiger partial charge in [0.15, 0.2) is 5.96 Å². The van der Waals surface area contributed by atoms with E-state index in [-0.39, 0.29) is 75.9 Å². The molecule has 10 amide bonds. The fourth-order valence-electron chi connectivity index (χ4n) is 7.33. The van der Waals surface area contributed by atoms with Crippen LogP contribution in [0.4, 0.5) is 0 Å². The third-order valence-electron chi connectivity index (χ3n) is 11.1. The van der Waals surface area contributed by atoms with E-state index in [9.17, 15) is 53.1 Å². The van der Waals surface area contributed by atoms with Crippen molar-refractivity contribution in [2.24, 2.45) is 28.1 Å². The van der Waals surface area contributed by atoms with Gasteiger partial charge < -0.3 is 69.7 Å². The molecule has 15 N–H and O–H groups in total. The van der Waals surface area contributed by atoms with E-state index in [2.05, 4.69) is 47.5 Å². The molecule has 1 heterocycles. The Labute approximate surface area is 393 Å². The Bertz CT molecular complexity index is 1730. The van der Waals surface area contributed by atoms with Crippen LogP contribution < -0.4 is 59.7 Å². The summed E-state index contributed by atoms with van der Waals surface area (Å²) in [6, 6.07) is -8.58. The van der Waals surface area contributed by atoms with E-state index < -0.39 is 102 Å². The van der Waals surface area contributed by atoms with E-state index in [1.54, 1.807) is 27.7 Å². The van der Waals surface area contributed by atoms with Gasteiger partial charge in [-0.25, -0.2) is 0 Å². The van der Waals surface area contributed by atoms with Gasteiger partial charge in [0, 0.05) is 46.4 Å². The van der Waals surface area contributed by atoms with Gasteiger partial charge in [-0.05, 0) is 77.6 Å². The summed E-state index contributed by atoms with van der Waals surface area (Å²) in [5.41, 5.74) is 16.2. The molecule has 1 rings (SSSR count). The molecular formula is C43H77N13O11. The van der Waals surface area contributed by atoms with Crippen molar-refractivity contribution in [2.45, 2.75) is 174 Å². The quantitative estimate of drug-likeness (QED) is 0.0186. The fourth-order valence-corrected chi connectivity index (χ4v) is 7.33. The molecule has 1 fully saturated rings. The van der Waals surface area contributed by atoms with Crippen molar-refractivity contribution in [1.82, 2.24) is 47.4 Å². The molecule has 0 aromatic carbocycles. The number of hydrogen-bond donors (Lipinski definition) is 12. The van der Waals surface area contributed by atoms with Crippen molar-refractivity contribution in [3.63, 3.8) is 0 Å². The molecule has 24 heteroatoms. The second-order valence-electron chi connectivity index (χ2n) is 16.8. The summed E-state index contributed by atoms with van der Waals surface area (Å²) in [6.45, 7) is 11.8. The van der Waals surface area contributed by atoms with Gasteiger partial charge >= 0.3 is 0 Å². The number of carbonyl (C=O) groups is 10. The molecule has 0 bridgehead atoms. The second-order valence-corrected chi connectivity index (χ2v) is 16.8. The van der Waals surface area contributed by atoms with Crippen LogP contribution in [-0.4, -0.2) is 150 Å². The maximum absolute atomic E-state index is 14.2. The molecule has 0 unspecified atom stereocenters. The standard InChI is InChI=1S/C43H77N13O11/c1-8-15-28(52-41(66)35(25(5)57)55-40(65)34(24(4)9-2)54-38(63)30(50-27(7)59)19-20-33(44)60)36(61)51-29(16-11-12-21-48-26(6)58)37(62)53-31(17-13-22-49-43(45)46)42(67)56-23-14-18-32(56)39(64)47-10-3/h24-25,28-32,34-35,57H,8-23H2,1-7H3,(H2,44,60)(H,47,64)(H,48,58)(H,50,59)(H,51,61)(H,52,66)(H,53,62)(H,54,63)(H,55,65)(H4,45,46,49)/t24-,25+,28-,29+,30-,31-,32-,34+,35-/m0/s1. The number of aliphatic hydroxyl groups is 1. The summed E-state index contributed by atoms with van der Waals surface area (Å²) in [5, 5.41) is 31.7. The van der Waals surface area contributed by atoms with E-state index in [0.29, 0.717) is 45.1 Å². The lowest BCUT2D eigenvalue weighted by molar-refractivity contribution is -0.142. The predicted octanol–water partition coefficient (Wildman–Crippen LogP) is -3.11. The number of likely N-dealkylation sites (N-methyl/N-ethyl adjacent to an activating group) is 1. The molecule has 67 heavy (non-hydrogen) atoms. The van der Waals surface area contributed by atoms with Gasteiger partial charge in [0.05, 0.1) is 6.10 Å². The molecule has 0 spiro atoms. The van der Waals surface area contributed by atoms with Crippen LogP contribution in [0.15, 0.2) is 4.99 Å². The molecule has 1 saturated heterocycles. The first kappa shape index (κ1) is 58.9. The maximum Gasteiger partial charge on any atom is 0.245 e. The van der Waals surface area contributed by atoms with Gasteiger partial charge in [-0.15, -0.1) is 0 Å². The van der Waals surface area contributed by atoms with E-state index in [1.165, 1.54) is 25.7 Å². The second kappa shape index (κ2) is 31.0. The number of aliphatic hydroxyl groups excluding tert-OH is 1. The lowest BCUT2D eigenvalue weighted by Gasteiger charge is -2.31. The number of likely N-dealkylation sites (tertiary alicyclic amines) is 1. The molecular weight excluding hydrogens is 875 g/mol. The first-order valence-electron chi connectivity index (χ1n) is 23.2. The van der Waals surface area contributed by atoms with Gasteiger partial charge in [-0.2, -0.15) is 0 Å². The molecule has 9 atom stereocenters. The Morgan fingerprint density at radius 2 is 1.21 bits per heavy atom. The Kier molecular flexibility index (Phi) is 27.3. The van der Waals surface area contributed by atoms with Crippen molar-refractivity contribution in [2.75, 3.05) is 26.2 Å². The first-order chi connectivity index (χ1) is 31.6. The maximum atomic E-state index is 14.2. The van der Waals surface area contributed by atoms with Gasteiger partial charge in [0.1, 0.15) is 42.3 Å². The molecule has 1 aliphatic rings. The molecule has 0 aliphatic carbocycles. The van der Waals surface area contributed by atoms with Gasteiger partial charge in [0.25, 0.3) is 0 Å². The Balaban J connectivity index is 3.44. The van der Waals surface area contributed by atoms with Crippen molar-refractivity contribution >= 4 is 65.0 Å². The van der Waals surface area contributed by atoms with Crippen LogP contribution in [0.3, 0.4) is 0 Å². The molecule has 0 aromatic rings. The van der Waals surface area contributed by atoms with Crippen molar-refractivity contribution in [1.29, 1.82) is 0 Å². The molecule has 0 radical (unpaired) electrons. The Morgan fingerprint density at radius 3 is 1.76 bits per heavy atom. The Morgan fingerprint density at radius 1 is 0.657 bits per heavy atom. The minimum atomic E-state index is -1.64. The normalized spacial score (nSPS) is 16.8. The van der Waals surface area contributed by atoms with Gasteiger partial charge in [0.2, 0.25) is 59.1 Å². The summed E-state index contributed by atoms with van der Waals surface area (Å²) < 4.78 is 0. The third-order valence-corrected chi connectivity index (χ3v) is 11.1. The average Bonchev–Trinajstić information content (AvgIpc) is 3.75. The molecule has 0 saturated carbocycles. The highest BCUT2D eigenvalue weighted by Crippen LogP contribution is 2.20. The van der Waals surface area contributed by atoms with E-state index in [1.807, 2.05) is 0 Å². The zero-order chi connectivity index (χ0) is 50.8. The number of rotatable bonds is 31. The summed E-state index contributed by atoms with van der Waals surface area (Å²) in [4.78, 5) is 136. The average molecular weight is 952 g/mol. The zero-order valence-electron chi connectivity index (χ0n) is 40.2. The number of hydrogen-bond acceptors (Lipinski definition) is 12. The molecule has 0 aromatic heterocycles. The number of unbranched alkanes of at least 4 members (excludes halogenated alkanes) is 1. The number of nitrogens with one attached hydrogen (secondary N) is 8. The highest BCUT2D eigenvalue weighted by molar-refractivity contribution is 5.98. The van der Waals surface area contributed by atoms with Crippen LogP contribution >= 0.6 is 0 Å². The molecule has 380 valence electrons. The number of amides is 10.